The van der Waals surface area contributed by atoms with Gasteiger partial charge in [-0.25, -0.2) is 14.6 Å². The number of benzene rings is 2. The third-order valence-corrected chi connectivity index (χ3v) is 5.85. The fourth-order valence-corrected chi connectivity index (χ4v) is 4.18. The van der Waals surface area contributed by atoms with E-state index in [2.05, 4.69) is 9.97 Å². The van der Waals surface area contributed by atoms with Crippen molar-refractivity contribution in [2.24, 2.45) is 0 Å². The number of likely N-dealkylation sites (tertiary alicyclic amines) is 1. The summed E-state index contributed by atoms with van der Waals surface area (Å²) >= 11 is 0. The number of amides is 1. The highest BCUT2D eigenvalue weighted by Crippen LogP contribution is 2.34. The van der Waals surface area contributed by atoms with E-state index in [9.17, 15) is 15.0 Å². The zero-order valence-corrected chi connectivity index (χ0v) is 18.6. The summed E-state index contributed by atoms with van der Waals surface area (Å²) in [5.74, 6) is -0.370. The van der Waals surface area contributed by atoms with Crippen molar-refractivity contribution >= 4 is 22.8 Å². The molecule has 1 aliphatic rings. The number of anilines is 1. The van der Waals surface area contributed by atoms with Crippen LogP contribution in [0.3, 0.4) is 0 Å². The average Bonchev–Trinajstić information content (AvgIpc) is 3.38. The fraction of sp³-hybridized carbons (Fsp3) is 0.280. The quantitative estimate of drug-likeness (QED) is 0.383. The monoisotopic (exact) mass is 479 g/mol. The van der Waals surface area contributed by atoms with Crippen LogP contribution in [0.4, 0.5) is 5.82 Å². The van der Waals surface area contributed by atoms with Crippen LogP contribution in [-0.2, 0) is 4.79 Å². The molecule has 180 valence electrons. The Morgan fingerprint density at radius 2 is 1.97 bits per heavy atom. The van der Waals surface area contributed by atoms with E-state index >= 15 is 0 Å². The second-order valence-electron chi connectivity index (χ2n) is 8.11. The fourth-order valence-electron chi connectivity index (χ4n) is 4.18. The number of para-hydroxylation sites is 1. The number of aliphatic hydroxyl groups is 2. The minimum Gasteiger partial charge on any atom is -0.457 e. The summed E-state index contributed by atoms with van der Waals surface area (Å²) in [6.45, 7) is 0.0560. The molecule has 2 aromatic heterocycles. The molecule has 0 bridgehead atoms. The molecule has 3 heterocycles. The molecule has 1 fully saturated rings. The summed E-state index contributed by atoms with van der Waals surface area (Å²) in [5, 5.41) is 24.3. The van der Waals surface area contributed by atoms with Crippen LogP contribution in [0.2, 0.25) is 0 Å². The number of carbonyl (C=O) groups is 1. The largest absolute Gasteiger partial charge is 0.457 e. The lowest BCUT2D eigenvalue weighted by Crippen LogP contribution is -2.46. The van der Waals surface area contributed by atoms with E-state index in [0.29, 0.717) is 41.7 Å². The molecule has 0 saturated carbocycles. The van der Waals surface area contributed by atoms with Gasteiger partial charge in [-0.2, -0.15) is 5.10 Å². The van der Waals surface area contributed by atoms with E-state index in [1.807, 2.05) is 0 Å². The molecular formula is C25H26N6O4. The SMILES string of the molecule is [2H]c1c([2H])c([2H])c(Oc2ccc(-c3nn([C@@H]4CCCN(C(=O)C(O)CO)C4)c4ncnc(N)c34)cc2)c([2H])c1[2H]. The van der Waals surface area contributed by atoms with E-state index in [4.69, 9.17) is 22.4 Å². The molecule has 0 aliphatic carbocycles. The number of ether oxygens (including phenoxy) is 1. The van der Waals surface area contributed by atoms with Crippen molar-refractivity contribution in [3.63, 3.8) is 0 Å². The maximum Gasteiger partial charge on any atom is 0.253 e. The Balaban J connectivity index is 1.48. The zero-order valence-electron chi connectivity index (χ0n) is 23.6. The first-order valence-corrected chi connectivity index (χ1v) is 11.0. The lowest BCUT2D eigenvalue weighted by molar-refractivity contribution is -0.143. The predicted octanol–water partition coefficient (Wildman–Crippen LogP) is 2.38. The Labute approximate surface area is 208 Å². The maximum atomic E-state index is 12.5. The number of carbonyl (C=O) groups excluding carboxylic acids is 1. The first kappa shape index (κ1) is 17.4. The van der Waals surface area contributed by atoms with Gasteiger partial charge in [0, 0.05) is 18.7 Å². The standard InChI is InChI=1S/C25H26N6O4/c26-23-21-22(16-8-10-19(11-9-16)35-18-6-2-1-3-7-18)29-31(24(21)28-15-27-23)17-5-4-12-30(13-17)25(34)20(33)14-32/h1-3,6-11,15,17,20,32-33H,4-5,12-14H2,(H2,26,27,28)/t17-,20?/m1/s1/i1D,2D,3D,6D,7D. The number of fused-ring (bicyclic) bond motifs is 1. The molecule has 0 radical (unpaired) electrons. The molecule has 4 aromatic rings. The van der Waals surface area contributed by atoms with Crippen LogP contribution >= 0.6 is 0 Å². The molecule has 1 aliphatic heterocycles. The molecule has 0 spiro atoms. The number of rotatable bonds is 6. The van der Waals surface area contributed by atoms with Crippen molar-refractivity contribution in [2.75, 3.05) is 25.4 Å². The molecule has 10 heteroatoms. The van der Waals surface area contributed by atoms with Gasteiger partial charge in [-0.15, -0.1) is 0 Å². The van der Waals surface area contributed by atoms with Gasteiger partial charge >= 0.3 is 0 Å². The summed E-state index contributed by atoms with van der Waals surface area (Å²) in [7, 11) is 0. The highest BCUT2D eigenvalue weighted by molar-refractivity contribution is 5.98. The van der Waals surface area contributed by atoms with Crippen LogP contribution in [-0.4, -0.2) is 66.6 Å². The van der Waals surface area contributed by atoms with E-state index in [0.717, 1.165) is 0 Å². The lowest BCUT2D eigenvalue weighted by Gasteiger charge is -2.33. The highest BCUT2D eigenvalue weighted by atomic mass is 16.5. The first-order valence-electron chi connectivity index (χ1n) is 13.5. The number of aliphatic hydroxyl groups excluding tert-OH is 2. The molecule has 2 aromatic carbocycles. The summed E-state index contributed by atoms with van der Waals surface area (Å²) < 4.78 is 46.9. The number of hydrogen-bond acceptors (Lipinski definition) is 8. The van der Waals surface area contributed by atoms with Crippen molar-refractivity contribution in [3.8, 4) is 22.8 Å². The Hall–Kier alpha value is -4.02. The van der Waals surface area contributed by atoms with E-state index in [-0.39, 0.29) is 29.9 Å². The summed E-state index contributed by atoms with van der Waals surface area (Å²) in [6.07, 6.45) is 1.21. The van der Waals surface area contributed by atoms with Crippen molar-refractivity contribution in [3.05, 3.63) is 60.8 Å². The Morgan fingerprint density at radius 1 is 1.20 bits per heavy atom. The smallest absolute Gasteiger partial charge is 0.253 e. The van der Waals surface area contributed by atoms with E-state index in [1.165, 1.54) is 11.2 Å². The maximum absolute atomic E-state index is 12.5. The van der Waals surface area contributed by atoms with E-state index < -0.39 is 48.8 Å². The van der Waals surface area contributed by atoms with Crippen molar-refractivity contribution in [1.29, 1.82) is 0 Å². The third-order valence-electron chi connectivity index (χ3n) is 5.85. The van der Waals surface area contributed by atoms with Crippen LogP contribution in [0.25, 0.3) is 22.3 Å². The average molecular weight is 480 g/mol. The number of nitrogen functional groups attached to an aromatic ring is 1. The lowest BCUT2D eigenvalue weighted by atomic mass is 10.1. The zero-order chi connectivity index (χ0) is 28.7. The Kier molecular flexibility index (Phi) is 4.82. The molecular weight excluding hydrogens is 448 g/mol. The molecule has 2 atom stereocenters. The first-order chi connectivity index (χ1) is 19.1. The Bertz CT molecular complexity index is 1570. The van der Waals surface area contributed by atoms with Gasteiger partial charge in [-0.3, -0.25) is 4.79 Å². The summed E-state index contributed by atoms with van der Waals surface area (Å²) in [5.41, 5.74) is 7.83. The van der Waals surface area contributed by atoms with Crippen LogP contribution in [0.15, 0.2) is 60.8 Å². The number of aromatic nitrogens is 4. The van der Waals surface area contributed by atoms with Gasteiger partial charge in [0.15, 0.2) is 11.8 Å². The van der Waals surface area contributed by atoms with Crippen LogP contribution in [0.5, 0.6) is 11.5 Å². The van der Waals surface area contributed by atoms with Gasteiger partial charge in [0.2, 0.25) is 0 Å². The predicted molar refractivity (Wildman–Crippen MR) is 130 cm³/mol. The van der Waals surface area contributed by atoms with E-state index in [1.54, 1.807) is 28.9 Å². The number of nitrogens with zero attached hydrogens (tertiary/aromatic N) is 5. The normalized spacial score (nSPS) is 18.9. The summed E-state index contributed by atoms with van der Waals surface area (Å²) in [6, 6.07) is 3.90. The molecule has 35 heavy (non-hydrogen) atoms. The second-order valence-corrected chi connectivity index (χ2v) is 8.11. The second kappa shape index (κ2) is 9.69. The molecule has 1 unspecified atom stereocenters. The van der Waals surface area contributed by atoms with Crippen molar-refractivity contribution < 1.29 is 26.6 Å². The van der Waals surface area contributed by atoms with Crippen molar-refractivity contribution in [2.45, 2.75) is 25.0 Å². The molecule has 10 nitrogen and oxygen atoms in total. The Morgan fingerprint density at radius 3 is 2.71 bits per heavy atom. The van der Waals surface area contributed by atoms with Gasteiger partial charge < -0.3 is 25.6 Å². The number of nitrogens with two attached hydrogens (primary N) is 1. The van der Waals surface area contributed by atoms with Gasteiger partial charge in [-0.1, -0.05) is 18.1 Å². The van der Waals surface area contributed by atoms with Gasteiger partial charge in [0.1, 0.15) is 29.3 Å². The van der Waals surface area contributed by atoms with Gasteiger partial charge in [-0.05, 0) is 49.2 Å². The van der Waals surface area contributed by atoms with Crippen LogP contribution < -0.4 is 10.5 Å². The molecule has 5 rings (SSSR count). The number of hydrogen-bond donors (Lipinski definition) is 3. The topological polar surface area (TPSA) is 140 Å². The van der Waals surface area contributed by atoms with Crippen molar-refractivity contribution in [1.82, 2.24) is 24.6 Å². The minimum absolute atomic E-state index is 0.213. The highest BCUT2D eigenvalue weighted by Gasteiger charge is 2.31. The summed E-state index contributed by atoms with van der Waals surface area (Å²) in [4.78, 5) is 22.5. The van der Waals surface area contributed by atoms with Crippen LogP contribution in [0, 0.1) is 0 Å². The third kappa shape index (κ3) is 4.53. The molecule has 1 amide bonds. The number of piperidine rings is 1. The minimum atomic E-state index is -1.48. The van der Waals surface area contributed by atoms with Crippen LogP contribution in [0.1, 0.15) is 25.7 Å². The van der Waals surface area contributed by atoms with Gasteiger partial charge in [0.25, 0.3) is 5.91 Å². The molecule has 4 N–H and O–H groups in total. The molecule has 1 saturated heterocycles. The van der Waals surface area contributed by atoms with Gasteiger partial charge in [0.05, 0.1) is 24.9 Å².